The van der Waals surface area contributed by atoms with Crippen molar-refractivity contribution in [3.63, 3.8) is 0 Å². The minimum atomic E-state index is -1.22. The van der Waals surface area contributed by atoms with Crippen LogP contribution in [0, 0.1) is 0 Å². The van der Waals surface area contributed by atoms with Crippen molar-refractivity contribution in [1.82, 2.24) is 20.6 Å². The van der Waals surface area contributed by atoms with Gasteiger partial charge in [0.05, 0.1) is 12.9 Å². The van der Waals surface area contributed by atoms with Gasteiger partial charge in [-0.1, -0.05) is 48.5 Å². The molecule has 0 aliphatic heterocycles. The molecule has 1 aliphatic carbocycles. The molecule has 0 saturated heterocycles. The highest BCUT2D eigenvalue weighted by molar-refractivity contribution is 5.89. The molecule has 1 aromatic heterocycles. The zero-order valence-corrected chi connectivity index (χ0v) is 19.1. The minimum Gasteiger partial charge on any atom is -0.480 e. The van der Waals surface area contributed by atoms with E-state index in [0.29, 0.717) is 5.69 Å². The average molecular weight is 479 g/mol. The number of H-pyrrole nitrogens is 1. The first-order valence-corrected chi connectivity index (χ1v) is 11.1. The predicted molar refractivity (Wildman–Crippen MR) is 126 cm³/mol. The summed E-state index contributed by atoms with van der Waals surface area (Å²) in [6.45, 7) is -0.0782. The van der Waals surface area contributed by atoms with Crippen molar-refractivity contribution in [2.45, 2.75) is 24.4 Å². The largest absolute Gasteiger partial charge is 0.480 e. The molecule has 0 saturated carbocycles. The van der Waals surface area contributed by atoms with Crippen LogP contribution in [-0.4, -0.2) is 65.5 Å². The fourth-order valence-corrected chi connectivity index (χ4v) is 4.22. The van der Waals surface area contributed by atoms with Crippen LogP contribution in [0.3, 0.4) is 0 Å². The Morgan fingerprint density at radius 2 is 1.69 bits per heavy atom. The van der Waals surface area contributed by atoms with Crippen molar-refractivity contribution in [3.8, 4) is 11.1 Å². The smallest absolute Gasteiger partial charge is 0.407 e. The first-order valence-electron chi connectivity index (χ1n) is 11.1. The molecule has 2 atom stereocenters. The number of hydrogen-bond donors (Lipinski definition) is 4. The van der Waals surface area contributed by atoms with Crippen LogP contribution in [0.4, 0.5) is 4.79 Å². The number of aromatic nitrogens is 2. The van der Waals surface area contributed by atoms with E-state index in [1.807, 2.05) is 48.5 Å². The van der Waals surface area contributed by atoms with E-state index in [9.17, 15) is 19.5 Å². The van der Waals surface area contributed by atoms with Crippen LogP contribution in [0.5, 0.6) is 0 Å². The number of ether oxygens (including phenoxy) is 2. The van der Waals surface area contributed by atoms with Crippen molar-refractivity contribution in [1.29, 1.82) is 0 Å². The van der Waals surface area contributed by atoms with Crippen molar-refractivity contribution in [3.05, 3.63) is 77.9 Å². The summed E-state index contributed by atoms with van der Waals surface area (Å²) in [5, 5.41) is 14.4. The Bertz CT molecular complexity index is 1150. The Hall–Kier alpha value is -4.18. The number of nitrogens with one attached hydrogen (secondary N) is 3. The van der Waals surface area contributed by atoms with Crippen LogP contribution < -0.4 is 10.6 Å². The zero-order chi connectivity index (χ0) is 24.8. The van der Waals surface area contributed by atoms with Gasteiger partial charge in [-0.3, -0.25) is 4.79 Å². The van der Waals surface area contributed by atoms with Gasteiger partial charge in [-0.05, 0) is 22.3 Å². The number of fused-ring (bicyclic) bond motifs is 3. The first kappa shape index (κ1) is 24.0. The van der Waals surface area contributed by atoms with Crippen LogP contribution in [0.25, 0.3) is 11.1 Å². The quantitative estimate of drug-likeness (QED) is 0.349. The van der Waals surface area contributed by atoms with Crippen LogP contribution in [-0.2, 0) is 25.5 Å². The highest BCUT2D eigenvalue weighted by Gasteiger charge is 2.31. The lowest BCUT2D eigenvalue weighted by Crippen LogP contribution is -2.54. The Morgan fingerprint density at radius 3 is 2.26 bits per heavy atom. The summed E-state index contributed by atoms with van der Waals surface area (Å²) < 4.78 is 10.5. The van der Waals surface area contributed by atoms with Crippen molar-refractivity contribution < 1.29 is 29.0 Å². The molecule has 2 aromatic carbocycles. The third kappa shape index (κ3) is 5.49. The molecule has 0 spiro atoms. The number of amides is 2. The van der Waals surface area contributed by atoms with Gasteiger partial charge in [0.1, 0.15) is 18.7 Å². The van der Waals surface area contributed by atoms with Crippen molar-refractivity contribution in [2.75, 3.05) is 20.3 Å². The Morgan fingerprint density at radius 1 is 1.03 bits per heavy atom. The molecule has 10 nitrogen and oxygen atoms in total. The molecular weight excluding hydrogens is 452 g/mol. The number of aliphatic carboxylic acids is 1. The number of hydrogen-bond acceptors (Lipinski definition) is 6. The molecule has 35 heavy (non-hydrogen) atoms. The van der Waals surface area contributed by atoms with Gasteiger partial charge < -0.3 is 30.2 Å². The number of nitrogens with zero attached hydrogens (tertiary/aromatic N) is 1. The third-order valence-electron chi connectivity index (χ3n) is 5.88. The summed E-state index contributed by atoms with van der Waals surface area (Å²) in [6, 6.07) is 13.6. The van der Waals surface area contributed by atoms with E-state index in [4.69, 9.17) is 9.47 Å². The Balaban J connectivity index is 1.38. The van der Waals surface area contributed by atoms with E-state index in [-0.39, 0.29) is 25.6 Å². The highest BCUT2D eigenvalue weighted by Crippen LogP contribution is 2.44. The predicted octanol–water partition coefficient (Wildman–Crippen LogP) is 2.08. The Labute approximate surface area is 201 Å². The number of carboxylic acids is 1. The second-order valence-corrected chi connectivity index (χ2v) is 8.16. The summed E-state index contributed by atoms with van der Waals surface area (Å²) >= 11 is 0. The normalized spacial score (nSPS) is 13.9. The number of carboxylic acid groups (broad SMARTS) is 1. The zero-order valence-electron chi connectivity index (χ0n) is 19.1. The molecular formula is C25H26N4O6. The molecule has 2 amide bonds. The number of benzene rings is 2. The summed E-state index contributed by atoms with van der Waals surface area (Å²) in [5.74, 6) is -2.05. The number of methoxy groups -OCH3 is 1. The van der Waals surface area contributed by atoms with Gasteiger partial charge in [0.25, 0.3) is 0 Å². The van der Waals surface area contributed by atoms with Crippen LogP contribution >= 0.6 is 0 Å². The topological polar surface area (TPSA) is 143 Å². The Kier molecular flexibility index (Phi) is 7.41. The molecule has 3 aromatic rings. The SMILES string of the molecule is COC[C@H](NC(=O)OCC1c2ccccc2-c2ccccc21)C(=O)NC(Cc1cnc[nH]1)C(=O)O. The maximum Gasteiger partial charge on any atom is 0.407 e. The third-order valence-corrected chi connectivity index (χ3v) is 5.88. The van der Waals surface area contributed by atoms with Gasteiger partial charge in [0, 0.05) is 31.3 Å². The summed E-state index contributed by atoms with van der Waals surface area (Å²) in [5.41, 5.74) is 4.88. The number of carbonyl (C=O) groups excluding carboxylic acids is 2. The maximum atomic E-state index is 12.7. The number of alkyl carbamates (subject to hydrolysis) is 1. The number of aromatic amines is 1. The van der Waals surface area contributed by atoms with E-state index in [2.05, 4.69) is 20.6 Å². The number of imidazole rings is 1. The van der Waals surface area contributed by atoms with E-state index in [0.717, 1.165) is 22.3 Å². The van der Waals surface area contributed by atoms with Gasteiger partial charge in [-0.2, -0.15) is 0 Å². The summed E-state index contributed by atoms with van der Waals surface area (Å²) in [7, 11) is 1.37. The van der Waals surface area contributed by atoms with Gasteiger partial charge in [0.2, 0.25) is 5.91 Å². The van der Waals surface area contributed by atoms with Crippen LogP contribution in [0.1, 0.15) is 22.7 Å². The molecule has 182 valence electrons. The minimum absolute atomic E-state index is 0.00567. The first-order chi connectivity index (χ1) is 17.0. The van der Waals surface area contributed by atoms with Crippen LogP contribution in [0.15, 0.2) is 61.1 Å². The molecule has 1 aliphatic rings. The molecule has 0 bridgehead atoms. The number of rotatable bonds is 10. The summed E-state index contributed by atoms with van der Waals surface area (Å²) in [4.78, 5) is 43.6. The lowest BCUT2D eigenvalue weighted by atomic mass is 9.98. The van der Waals surface area contributed by atoms with Crippen LogP contribution in [0.2, 0.25) is 0 Å². The maximum absolute atomic E-state index is 12.7. The van der Waals surface area contributed by atoms with Crippen molar-refractivity contribution >= 4 is 18.0 Å². The molecule has 0 fully saturated rings. The molecule has 1 unspecified atom stereocenters. The van der Waals surface area contributed by atoms with E-state index < -0.39 is 30.1 Å². The van der Waals surface area contributed by atoms with Gasteiger partial charge in [-0.15, -0.1) is 0 Å². The lowest BCUT2D eigenvalue weighted by molar-refractivity contribution is -0.142. The second kappa shape index (κ2) is 10.8. The molecule has 0 radical (unpaired) electrons. The van der Waals surface area contributed by atoms with E-state index in [1.165, 1.54) is 19.6 Å². The summed E-state index contributed by atoms with van der Waals surface area (Å²) in [6.07, 6.45) is 2.10. The number of carbonyl (C=O) groups is 3. The molecule has 10 heteroatoms. The molecule has 4 rings (SSSR count). The fraction of sp³-hybridized carbons (Fsp3) is 0.280. The van der Waals surface area contributed by atoms with Gasteiger partial charge in [0.15, 0.2) is 0 Å². The van der Waals surface area contributed by atoms with E-state index in [1.54, 1.807) is 0 Å². The van der Waals surface area contributed by atoms with Gasteiger partial charge >= 0.3 is 12.1 Å². The average Bonchev–Trinajstić information content (AvgIpc) is 3.48. The van der Waals surface area contributed by atoms with E-state index >= 15 is 0 Å². The molecule has 4 N–H and O–H groups in total. The second-order valence-electron chi connectivity index (χ2n) is 8.16. The van der Waals surface area contributed by atoms with Gasteiger partial charge in [-0.25, -0.2) is 14.6 Å². The lowest BCUT2D eigenvalue weighted by Gasteiger charge is -2.21. The fourth-order valence-electron chi connectivity index (χ4n) is 4.22. The molecule has 1 heterocycles. The van der Waals surface area contributed by atoms with Crippen molar-refractivity contribution in [2.24, 2.45) is 0 Å². The standard InChI is InChI=1S/C25H26N4O6/c1-34-13-22(23(30)28-21(24(31)32)10-15-11-26-14-27-15)29-25(33)35-12-20-18-8-4-2-6-16(18)17-7-3-5-9-19(17)20/h2-9,11,14,20-22H,10,12-13H2,1H3,(H,26,27)(H,28,30)(H,29,33)(H,31,32)/t21?,22-/m0/s1. The monoisotopic (exact) mass is 478 g/mol. The highest BCUT2D eigenvalue weighted by atomic mass is 16.5.